The van der Waals surface area contributed by atoms with Crippen LogP contribution in [0.25, 0.3) is 0 Å². The highest BCUT2D eigenvalue weighted by molar-refractivity contribution is 14.1. The molecule has 1 unspecified atom stereocenters. The molecule has 2 aromatic carbocycles. The van der Waals surface area contributed by atoms with Crippen LogP contribution in [0.2, 0.25) is 5.02 Å². The van der Waals surface area contributed by atoms with Crippen molar-refractivity contribution in [2.24, 2.45) is 0 Å². The van der Waals surface area contributed by atoms with Crippen molar-refractivity contribution in [3.63, 3.8) is 0 Å². The van der Waals surface area contributed by atoms with E-state index in [1.165, 1.54) is 14.7 Å². The third kappa shape index (κ3) is 4.34. The Hall–Kier alpha value is -0.780. The van der Waals surface area contributed by atoms with Crippen molar-refractivity contribution in [3.8, 4) is 5.75 Å². The van der Waals surface area contributed by atoms with E-state index in [1.807, 2.05) is 24.3 Å². The smallest absolute Gasteiger partial charge is 0.119 e. The maximum absolute atomic E-state index is 6.19. The molecule has 112 valence electrons. The molecule has 0 spiro atoms. The van der Waals surface area contributed by atoms with Gasteiger partial charge >= 0.3 is 0 Å². The fourth-order valence-electron chi connectivity index (χ4n) is 2.25. The summed E-state index contributed by atoms with van der Waals surface area (Å²) >= 11 is 8.54. The van der Waals surface area contributed by atoms with Crippen LogP contribution in [0, 0.1) is 3.57 Å². The maximum atomic E-state index is 6.19. The van der Waals surface area contributed by atoms with Crippen molar-refractivity contribution in [2.45, 2.75) is 19.4 Å². The third-order valence-corrected chi connectivity index (χ3v) is 4.51. The molecule has 0 saturated heterocycles. The van der Waals surface area contributed by atoms with Crippen molar-refractivity contribution in [1.82, 2.24) is 5.32 Å². The lowest BCUT2D eigenvalue weighted by atomic mass is 9.98. The minimum absolute atomic E-state index is 0.116. The van der Waals surface area contributed by atoms with Gasteiger partial charge in [-0.05, 0) is 77.0 Å². The fourth-order valence-corrected chi connectivity index (χ4v) is 3.08. The van der Waals surface area contributed by atoms with Crippen molar-refractivity contribution in [3.05, 3.63) is 62.2 Å². The molecule has 21 heavy (non-hydrogen) atoms. The molecule has 1 N–H and O–H groups in total. The summed E-state index contributed by atoms with van der Waals surface area (Å²) < 4.78 is 6.55. The Morgan fingerprint density at radius 2 is 2.05 bits per heavy atom. The van der Waals surface area contributed by atoms with Crippen LogP contribution in [0.3, 0.4) is 0 Å². The number of rotatable bonds is 6. The second kappa shape index (κ2) is 8.01. The monoisotopic (exact) mass is 415 g/mol. The zero-order valence-corrected chi connectivity index (χ0v) is 15.1. The van der Waals surface area contributed by atoms with E-state index < -0.39 is 0 Å². The van der Waals surface area contributed by atoms with Crippen LogP contribution in [0.1, 0.15) is 30.5 Å². The van der Waals surface area contributed by atoms with Gasteiger partial charge in [0.05, 0.1) is 13.2 Å². The summed E-state index contributed by atoms with van der Waals surface area (Å²) in [5.41, 5.74) is 2.38. The van der Waals surface area contributed by atoms with Gasteiger partial charge in [-0.2, -0.15) is 0 Å². The molecule has 0 aliphatic heterocycles. The standard InChI is InChI=1S/C17H19ClINO/c1-3-9-20-17(12-5-4-6-14(10-12)21-2)15-11-13(18)7-8-16(15)19/h4-8,10-11,17,20H,3,9H2,1-2H3. The Kier molecular flexibility index (Phi) is 6.33. The highest BCUT2D eigenvalue weighted by atomic mass is 127. The van der Waals surface area contributed by atoms with Gasteiger partial charge < -0.3 is 10.1 Å². The highest BCUT2D eigenvalue weighted by Gasteiger charge is 2.17. The molecule has 0 amide bonds. The summed E-state index contributed by atoms with van der Waals surface area (Å²) in [6, 6.07) is 14.3. The Morgan fingerprint density at radius 3 is 2.76 bits per heavy atom. The first kappa shape index (κ1) is 16.6. The van der Waals surface area contributed by atoms with Gasteiger partial charge in [0, 0.05) is 8.59 Å². The van der Waals surface area contributed by atoms with Crippen LogP contribution in [0.4, 0.5) is 0 Å². The normalized spacial score (nSPS) is 12.2. The fraction of sp³-hybridized carbons (Fsp3) is 0.294. The van der Waals surface area contributed by atoms with Gasteiger partial charge in [0.1, 0.15) is 5.75 Å². The Bertz CT molecular complexity index is 603. The molecule has 4 heteroatoms. The molecular formula is C17H19ClINO. The lowest BCUT2D eigenvalue weighted by Gasteiger charge is -2.21. The molecule has 0 aliphatic carbocycles. The van der Waals surface area contributed by atoms with Gasteiger partial charge in [0.25, 0.3) is 0 Å². The molecular weight excluding hydrogens is 397 g/mol. The lowest BCUT2D eigenvalue weighted by Crippen LogP contribution is -2.24. The van der Waals surface area contributed by atoms with E-state index in [-0.39, 0.29) is 6.04 Å². The summed E-state index contributed by atoms with van der Waals surface area (Å²) in [6.45, 7) is 3.11. The summed E-state index contributed by atoms with van der Waals surface area (Å²) in [5.74, 6) is 0.868. The zero-order chi connectivity index (χ0) is 15.2. The molecule has 2 rings (SSSR count). The summed E-state index contributed by atoms with van der Waals surface area (Å²) in [5, 5.41) is 4.36. The van der Waals surface area contributed by atoms with Crippen LogP contribution < -0.4 is 10.1 Å². The minimum atomic E-state index is 0.116. The number of hydrogen-bond donors (Lipinski definition) is 1. The van der Waals surface area contributed by atoms with Crippen LogP contribution in [0.15, 0.2) is 42.5 Å². The Labute approximate surface area is 145 Å². The lowest BCUT2D eigenvalue weighted by molar-refractivity contribution is 0.413. The predicted molar refractivity (Wildman–Crippen MR) is 97.3 cm³/mol. The molecule has 0 bridgehead atoms. The molecule has 0 fully saturated rings. The number of benzene rings is 2. The largest absolute Gasteiger partial charge is 0.497 e. The van der Waals surface area contributed by atoms with E-state index in [0.717, 1.165) is 23.7 Å². The number of nitrogens with one attached hydrogen (secondary N) is 1. The van der Waals surface area contributed by atoms with E-state index in [9.17, 15) is 0 Å². The average Bonchev–Trinajstić information content (AvgIpc) is 2.51. The van der Waals surface area contributed by atoms with Gasteiger partial charge in [-0.25, -0.2) is 0 Å². The highest BCUT2D eigenvalue weighted by Crippen LogP contribution is 2.30. The Morgan fingerprint density at radius 1 is 1.24 bits per heavy atom. The van der Waals surface area contributed by atoms with E-state index in [2.05, 4.69) is 53.0 Å². The van der Waals surface area contributed by atoms with Gasteiger partial charge in [-0.15, -0.1) is 0 Å². The van der Waals surface area contributed by atoms with Gasteiger partial charge in [-0.3, -0.25) is 0 Å². The summed E-state index contributed by atoms with van der Waals surface area (Å²) in [4.78, 5) is 0. The first-order valence-electron chi connectivity index (χ1n) is 6.98. The summed E-state index contributed by atoms with van der Waals surface area (Å²) in [7, 11) is 1.69. The quantitative estimate of drug-likeness (QED) is 0.667. The van der Waals surface area contributed by atoms with Crippen LogP contribution in [-0.2, 0) is 0 Å². The number of methoxy groups -OCH3 is 1. The zero-order valence-electron chi connectivity index (χ0n) is 12.2. The second-order valence-electron chi connectivity index (χ2n) is 4.83. The molecule has 2 nitrogen and oxygen atoms in total. The Balaban J connectivity index is 2.44. The maximum Gasteiger partial charge on any atom is 0.119 e. The van der Waals surface area contributed by atoms with Gasteiger partial charge in [-0.1, -0.05) is 30.7 Å². The molecule has 1 atom stereocenters. The second-order valence-corrected chi connectivity index (χ2v) is 6.43. The van der Waals surface area contributed by atoms with Crippen LogP contribution >= 0.6 is 34.2 Å². The van der Waals surface area contributed by atoms with Crippen molar-refractivity contribution < 1.29 is 4.74 Å². The number of halogens is 2. The van der Waals surface area contributed by atoms with Gasteiger partial charge in [0.2, 0.25) is 0 Å². The van der Waals surface area contributed by atoms with Crippen molar-refractivity contribution >= 4 is 34.2 Å². The minimum Gasteiger partial charge on any atom is -0.497 e. The third-order valence-electron chi connectivity index (χ3n) is 3.29. The molecule has 0 aromatic heterocycles. The predicted octanol–water partition coefficient (Wildman–Crippen LogP) is 5.04. The van der Waals surface area contributed by atoms with Crippen molar-refractivity contribution in [2.75, 3.05) is 13.7 Å². The van der Waals surface area contributed by atoms with E-state index in [4.69, 9.17) is 16.3 Å². The molecule has 0 radical (unpaired) electrons. The molecule has 2 aromatic rings. The van der Waals surface area contributed by atoms with Gasteiger partial charge in [0.15, 0.2) is 0 Å². The van der Waals surface area contributed by atoms with Crippen LogP contribution in [0.5, 0.6) is 5.75 Å². The van der Waals surface area contributed by atoms with E-state index in [0.29, 0.717) is 0 Å². The summed E-state index contributed by atoms with van der Waals surface area (Å²) in [6.07, 6.45) is 1.08. The number of hydrogen-bond acceptors (Lipinski definition) is 2. The molecule has 0 aliphatic rings. The SMILES string of the molecule is CCCNC(c1cccc(OC)c1)c1cc(Cl)ccc1I. The molecule has 0 saturated carbocycles. The number of ether oxygens (including phenoxy) is 1. The first-order chi connectivity index (χ1) is 10.2. The van der Waals surface area contributed by atoms with Crippen molar-refractivity contribution in [1.29, 1.82) is 0 Å². The van der Waals surface area contributed by atoms with Crippen LogP contribution in [-0.4, -0.2) is 13.7 Å². The molecule has 0 heterocycles. The van der Waals surface area contributed by atoms with E-state index >= 15 is 0 Å². The first-order valence-corrected chi connectivity index (χ1v) is 8.43. The average molecular weight is 416 g/mol. The van der Waals surface area contributed by atoms with E-state index in [1.54, 1.807) is 7.11 Å². The topological polar surface area (TPSA) is 21.3 Å².